The van der Waals surface area contributed by atoms with Crippen LogP contribution in [0.4, 0.5) is 4.39 Å². The molecular weight excluding hydrogens is 335 g/mol. The quantitative estimate of drug-likeness (QED) is 0.820. The number of hydrogen-bond acceptors (Lipinski definition) is 5. The number of benzene rings is 1. The first-order chi connectivity index (χ1) is 12.4. The van der Waals surface area contributed by atoms with Crippen molar-refractivity contribution in [2.75, 3.05) is 13.1 Å². The lowest BCUT2D eigenvalue weighted by atomic mass is 10.0. The van der Waals surface area contributed by atoms with Crippen LogP contribution in [0.5, 0.6) is 0 Å². The van der Waals surface area contributed by atoms with Crippen LogP contribution in [0.15, 0.2) is 28.8 Å². The molecule has 7 heteroatoms. The van der Waals surface area contributed by atoms with Gasteiger partial charge in [-0.3, -0.25) is 9.69 Å². The zero-order valence-electron chi connectivity index (χ0n) is 15.5. The van der Waals surface area contributed by atoms with E-state index in [1.54, 1.807) is 19.1 Å². The zero-order chi connectivity index (χ0) is 18.7. The van der Waals surface area contributed by atoms with Gasteiger partial charge in [-0.1, -0.05) is 31.1 Å². The van der Waals surface area contributed by atoms with Gasteiger partial charge in [0.1, 0.15) is 5.82 Å². The molecule has 6 nitrogen and oxygen atoms in total. The molecule has 1 saturated heterocycles. The van der Waals surface area contributed by atoms with Crippen LogP contribution in [0.3, 0.4) is 0 Å². The van der Waals surface area contributed by atoms with E-state index in [0.29, 0.717) is 43.7 Å². The van der Waals surface area contributed by atoms with E-state index in [1.165, 1.54) is 12.1 Å². The van der Waals surface area contributed by atoms with Gasteiger partial charge >= 0.3 is 0 Å². The Morgan fingerprint density at radius 3 is 2.62 bits per heavy atom. The van der Waals surface area contributed by atoms with Gasteiger partial charge in [0.05, 0.1) is 6.54 Å². The van der Waals surface area contributed by atoms with Crippen molar-refractivity contribution < 1.29 is 13.7 Å². The molecule has 0 unspecified atom stereocenters. The van der Waals surface area contributed by atoms with Crippen molar-refractivity contribution in [2.45, 2.75) is 46.3 Å². The number of aromatic nitrogens is 2. The summed E-state index contributed by atoms with van der Waals surface area (Å²) in [6.45, 7) is 8.49. The molecular formula is C19H25FN4O2. The number of aryl methyl sites for hydroxylation is 1. The number of rotatable bonds is 5. The third-order valence-corrected chi connectivity index (χ3v) is 4.78. The Kier molecular flexibility index (Phi) is 5.66. The molecule has 1 fully saturated rings. The van der Waals surface area contributed by atoms with Gasteiger partial charge in [0.15, 0.2) is 5.82 Å². The van der Waals surface area contributed by atoms with Crippen LogP contribution in [0.1, 0.15) is 37.5 Å². The van der Waals surface area contributed by atoms with E-state index in [0.717, 1.165) is 12.1 Å². The summed E-state index contributed by atoms with van der Waals surface area (Å²) >= 11 is 0. The van der Waals surface area contributed by atoms with Gasteiger partial charge in [-0.25, -0.2) is 4.39 Å². The van der Waals surface area contributed by atoms with Gasteiger partial charge < -0.3 is 9.42 Å². The second kappa shape index (κ2) is 7.95. The number of nitrogens with zero attached hydrogens (tertiary/aromatic N) is 4. The highest BCUT2D eigenvalue weighted by molar-refractivity contribution is 5.77. The third-order valence-electron chi connectivity index (χ3n) is 4.78. The molecule has 1 aliphatic heterocycles. The summed E-state index contributed by atoms with van der Waals surface area (Å²) in [5, 5.41) is 3.96. The van der Waals surface area contributed by atoms with Crippen molar-refractivity contribution >= 4 is 5.91 Å². The smallest absolute Gasteiger partial charge is 0.224 e. The lowest BCUT2D eigenvalue weighted by molar-refractivity contribution is -0.134. The Hall–Kier alpha value is -2.28. The third kappa shape index (κ3) is 4.46. The highest BCUT2D eigenvalue weighted by atomic mass is 19.1. The zero-order valence-corrected chi connectivity index (χ0v) is 15.5. The summed E-state index contributed by atoms with van der Waals surface area (Å²) in [5.74, 6) is 1.35. The van der Waals surface area contributed by atoms with Gasteiger partial charge in [0, 0.05) is 39.0 Å². The first kappa shape index (κ1) is 18.5. The van der Waals surface area contributed by atoms with Crippen LogP contribution in [0.2, 0.25) is 0 Å². The summed E-state index contributed by atoms with van der Waals surface area (Å²) < 4.78 is 18.2. The Bertz CT molecular complexity index is 744. The SMILES string of the molecule is Cc1nc(CN2CCC(=O)N(Cc3ccc(F)cc3)[C@H](C(C)C)C2)no1. The molecule has 1 aromatic carbocycles. The molecule has 1 atom stereocenters. The molecule has 0 N–H and O–H groups in total. The molecule has 0 saturated carbocycles. The number of amides is 1. The van der Waals surface area contributed by atoms with Crippen molar-refractivity contribution in [2.24, 2.45) is 5.92 Å². The Morgan fingerprint density at radius 2 is 2.00 bits per heavy atom. The lowest BCUT2D eigenvalue weighted by Gasteiger charge is -2.34. The second-order valence-electron chi connectivity index (χ2n) is 7.17. The van der Waals surface area contributed by atoms with E-state index in [4.69, 9.17) is 4.52 Å². The minimum absolute atomic E-state index is 0.0723. The molecule has 2 aromatic rings. The molecule has 1 aromatic heterocycles. The van der Waals surface area contributed by atoms with Crippen molar-refractivity contribution in [1.82, 2.24) is 19.9 Å². The van der Waals surface area contributed by atoms with Crippen LogP contribution in [0.25, 0.3) is 0 Å². The Morgan fingerprint density at radius 1 is 1.27 bits per heavy atom. The largest absolute Gasteiger partial charge is 0.340 e. The fourth-order valence-corrected chi connectivity index (χ4v) is 3.35. The number of hydrogen-bond donors (Lipinski definition) is 0. The fourth-order valence-electron chi connectivity index (χ4n) is 3.35. The Labute approximate surface area is 153 Å². The molecule has 0 bridgehead atoms. The Balaban J connectivity index is 1.75. The van der Waals surface area contributed by atoms with Crippen molar-refractivity contribution in [1.29, 1.82) is 0 Å². The van der Waals surface area contributed by atoms with Crippen LogP contribution in [-0.4, -0.2) is 45.0 Å². The van der Waals surface area contributed by atoms with E-state index in [9.17, 15) is 9.18 Å². The first-order valence-corrected chi connectivity index (χ1v) is 8.98. The molecule has 1 aliphatic rings. The van der Waals surface area contributed by atoms with Gasteiger partial charge in [-0.05, 0) is 23.6 Å². The maximum atomic E-state index is 13.2. The molecule has 0 aliphatic carbocycles. The van der Waals surface area contributed by atoms with Crippen molar-refractivity contribution in [3.63, 3.8) is 0 Å². The summed E-state index contributed by atoms with van der Waals surface area (Å²) in [5.41, 5.74) is 0.938. The van der Waals surface area contributed by atoms with E-state index in [1.807, 2.05) is 4.90 Å². The molecule has 2 heterocycles. The van der Waals surface area contributed by atoms with Gasteiger partial charge in [-0.15, -0.1) is 0 Å². The molecule has 26 heavy (non-hydrogen) atoms. The summed E-state index contributed by atoms with van der Waals surface area (Å²) in [7, 11) is 0. The lowest BCUT2D eigenvalue weighted by Crippen LogP contribution is -2.45. The minimum atomic E-state index is -0.266. The molecule has 3 rings (SSSR count). The van der Waals surface area contributed by atoms with Crippen molar-refractivity contribution in [3.05, 3.63) is 47.4 Å². The maximum absolute atomic E-state index is 13.2. The number of carbonyl (C=O) groups excluding carboxylic acids is 1. The average Bonchev–Trinajstić information content (AvgIpc) is 2.94. The van der Waals surface area contributed by atoms with Crippen LogP contribution in [0, 0.1) is 18.7 Å². The molecule has 140 valence electrons. The summed E-state index contributed by atoms with van der Waals surface area (Å²) in [6, 6.07) is 6.43. The predicted octanol–water partition coefficient (Wildman–Crippen LogP) is 2.78. The number of carbonyl (C=O) groups is 1. The molecule has 0 radical (unpaired) electrons. The van der Waals surface area contributed by atoms with Crippen LogP contribution >= 0.6 is 0 Å². The van der Waals surface area contributed by atoms with Gasteiger partial charge in [-0.2, -0.15) is 4.98 Å². The normalized spacial score (nSPS) is 19.2. The number of halogens is 1. The standard InChI is InChI=1S/C19H25FN4O2/c1-13(2)17-11-23(12-18-21-14(3)26-22-18)9-8-19(25)24(17)10-15-4-6-16(20)7-5-15/h4-7,13,17H,8-12H2,1-3H3/t17-/m0/s1. The molecule has 0 spiro atoms. The highest BCUT2D eigenvalue weighted by Crippen LogP contribution is 2.22. The first-order valence-electron chi connectivity index (χ1n) is 8.98. The van der Waals surface area contributed by atoms with E-state index in [2.05, 4.69) is 28.9 Å². The van der Waals surface area contributed by atoms with Gasteiger partial charge in [0.25, 0.3) is 0 Å². The van der Waals surface area contributed by atoms with E-state index >= 15 is 0 Å². The van der Waals surface area contributed by atoms with Crippen LogP contribution < -0.4 is 0 Å². The predicted molar refractivity (Wildman–Crippen MR) is 94.5 cm³/mol. The minimum Gasteiger partial charge on any atom is -0.340 e. The van der Waals surface area contributed by atoms with E-state index < -0.39 is 0 Å². The monoisotopic (exact) mass is 360 g/mol. The highest BCUT2D eigenvalue weighted by Gasteiger charge is 2.32. The van der Waals surface area contributed by atoms with E-state index in [-0.39, 0.29) is 17.8 Å². The van der Waals surface area contributed by atoms with Crippen molar-refractivity contribution in [3.8, 4) is 0 Å². The average molecular weight is 360 g/mol. The summed E-state index contributed by atoms with van der Waals surface area (Å²) in [4.78, 5) is 21.2. The maximum Gasteiger partial charge on any atom is 0.224 e. The topological polar surface area (TPSA) is 62.5 Å². The molecule has 1 amide bonds. The summed E-state index contributed by atoms with van der Waals surface area (Å²) in [6.07, 6.45) is 0.446. The second-order valence-corrected chi connectivity index (χ2v) is 7.17. The van der Waals surface area contributed by atoms with Crippen LogP contribution in [-0.2, 0) is 17.9 Å². The fraction of sp³-hybridized carbons (Fsp3) is 0.526. The van der Waals surface area contributed by atoms with Gasteiger partial charge in [0.2, 0.25) is 11.8 Å².